The van der Waals surface area contributed by atoms with Gasteiger partial charge in [0.15, 0.2) is 0 Å². The number of carbonyl (C=O) groups is 4. The number of carboxylic acid groups (broad SMARTS) is 3. The number of hydrogen-bond donors (Lipinski definition) is 6. The lowest BCUT2D eigenvalue weighted by Gasteiger charge is -2.24. The first-order valence-corrected chi connectivity index (χ1v) is 20.6. The highest BCUT2D eigenvalue weighted by Gasteiger charge is 2.33. The van der Waals surface area contributed by atoms with Gasteiger partial charge in [0.05, 0.1) is 30.7 Å². The summed E-state index contributed by atoms with van der Waals surface area (Å²) in [5.41, 5.74) is 4.59. The lowest BCUT2D eigenvalue weighted by Crippen LogP contribution is -2.37. The minimum absolute atomic E-state index is 0.0698. The third-order valence-electron chi connectivity index (χ3n) is 12.2. The highest BCUT2D eigenvalue weighted by molar-refractivity contribution is 5.79. The predicted molar refractivity (Wildman–Crippen MR) is 216 cm³/mol. The second-order valence-corrected chi connectivity index (χ2v) is 16.1. The number of hydrogen-bond acceptors (Lipinski definition) is 8. The average molecular weight is 783 g/mol. The Morgan fingerprint density at radius 1 is 0.596 bits per heavy atom. The van der Waals surface area contributed by atoms with Gasteiger partial charge in [-0.25, -0.2) is 0 Å². The fourth-order valence-electron chi connectivity index (χ4n) is 8.92. The van der Waals surface area contributed by atoms with Crippen molar-refractivity contribution in [2.75, 3.05) is 59.0 Å². The molecule has 0 saturated carbocycles. The first kappa shape index (κ1) is 41.8. The van der Waals surface area contributed by atoms with Crippen LogP contribution in [-0.4, -0.2) is 103 Å². The van der Waals surface area contributed by atoms with Crippen LogP contribution in [0.4, 0.5) is 0 Å². The van der Waals surface area contributed by atoms with Crippen LogP contribution < -0.4 is 20.7 Å². The Hall–Kier alpha value is -4.78. The molecule has 12 heteroatoms. The van der Waals surface area contributed by atoms with Crippen LogP contribution in [0.25, 0.3) is 0 Å². The molecule has 12 nitrogen and oxygen atoms in total. The maximum atomic E-state index is 14.1. The van der Waals surface area contributed by atoms with Gasteiger partial charge in [0, 0.05) is 6.54 Å². The van der Waals surface area contributed by atoms with Crippen molar-refractivity contribution < 1.29 is 39.2 Å². The molecule has 0 bridgehead atoms. The van der Waals surface area contributed by atoms with Gasteiger partial charge in [-0.15, -0.1) is 0 Å². The van der Waals surface area contributed by atoms with E-state index in [4.69, 9.17) is 4.74 Å². The Morgan fingerprint density at radius 2 is 1.04 bits per heavy atom. The molecule has 3 aromatic rings. The van der Waals surface area contributed by atoms with Crippen LogP contribution in [0.2, 0.25) is 0 Å². The summed E-state index contributed by atoms with van der Waals surface area (Å²) in [6.07, 6.45) is 4.51. The minimum Gasteiger partial charge on any atom is -0.492 e. The lowest BCUT2D eigenvalue weighted by molar-refractivity contribution is -0.144. The van der Waals surface area contributed by atoms with Gasteiger partial charge in [-0.3, -0.25) is 19.2 Å². The molecule has 3 aromatic carbocycles. The largest absolute Gasteiger partial charge is 0.492 e. The van der Waals surface area contributed by atoms with Gasteiger partial charge in [-0.1, -0.05) is 60.7 Å². The van der Waals surface area contributed by atoms with Crippen molar-refractivity contribution in [1.29, 1.82) is 0 Å². The minimum atomic E-state index is -0.798. The van der Waals surface area contributed by atoms with Gasteiger partial charge in [0.25, 0.3) is 0 Å². The fraction of sp³-hybridized carbons (Fsp3) is 0.511. The molecule has 0 unspecified atom stereocenters. The summed E-state index contributed by atoms with van der Waals surface area (Å²) in [5.74, 6) is -3.02. The van der Waals surface area contributed by atoms with Crippen LogP contribution in [0.3, 0.4) is 0 Å². The number of nitrogens with zero attached hydrogens (tertiary/aromatic N) is 1. The topological polar surface area (TPSA) is 178 Å². The molecule has 0 aliphatic carbocycles. The van der Waals surface area contributed by atoms with E-state index in [0.717, 1.165) is 66.7 Å². The van der Waals surface area contributed by atoms with Gasteiger partial charge in [-0.2, -0.15) is 0 Å². The van der Waals surface area contributed by atoms with E-state index >= 15 is 0 Å². The Kier molecular flexibility index (Phi) is 15.1. The quantitative estimate of drug-likeness (QED) is 0.0923. The van der Waals surface area contributed by atoms with E-state index in [1.807, 2.05) is 66.7 Å². The molecule has 0 radical (unpaired) electrons. The van der Waals surface area contributed by atoms with E-state index < -0.39 is 35.7 Å². The summed E-state index contributed by atoms with van der Waals surface area (Å²) < 4.78 is 6.19. The second-order valence-electron chi connectivity index (χ2n) is 16.1. The van der Waals surface area contributed by atoms with Crippen molar-refractivity contribution in [3.05, 3.63) is 101 Å². The number of aliphatic carboxylic acids is 3. The third-order valence-corrected chi connectivity index (χ3v) is 12.2. The van der Waals surface area contributed by atoms with E-state index in [9.17, 15) is 34.5 Å². The molecule has 306 valence electrons. The molecule has 3 fully saturated rings. The van der Waals surface area contributed by atoms with E-state index in [-0.39, 0.29) is 36.7 Å². The molecular weight excluding hydrogens is 725 g/mol. The van der Waals surface area contributed by atoms with Gasteiger partial charge in [0.2, 0.25) is 5.91 Å². The molecular formula is C45H58N4O8. The summed E-state index contributed by atoms with van der Waals surface area (Å²) in [4.78, 5) is 52.4. The van der Waals surface area contributed by atoms with Gasteiger partial charge in [-0.05, 0) is 142 Å². The second kappa shape index (κ2) is 20.6. The maximum absolute atomic E-state index is 14.1. The maximum Gasteiger partial charge on any atom is 0.307 e. The smallest absolute Gasteiger partial charge is 0.307 e. The number of ether oxygens (including phenoxy) is 1. The number of rotatable bonds is 21. The van der Waals surface area contributed by atoms with Gasteiger partial charge < -0.3 is 40.9 Å². The molecule has 57 heavy (non-hydrogen) atoms. The first-order valence-electron chi connectivity index (χ1n) is 20.6. The van der Waals surface area contributed by atoms with Gasteiger partial charge in [0.1, 0.15) is 12.4 Å². The van der Waals surface area contributed by atoms with Crippen LogP contribution in [0.5, 0.6) is 5.75 Å². The molecule has 0 aromatic heterocycles. The van der Waals surface area contributed by atoms with Crippen molar-refractivity contribution in [1.82, 2.24) is 20.9 Å². The SMILES string of the molecule is O=C(O)[C@@H](Cc1cccc(CCN(CCOc2cccc(C[C@H](C(=O)O)[C@H]3CCNC3)c2)C(=O)Cc2cccc(C[C@H](C(=O)O)[C@H]3CCNC3)c2)c1)[C@H]1CCNC1. The lowest BCUT2D eigenvalue weighted by atomic mass is 9.86. The molecule has 3 heterocycles. The van der Waals surface area contributed by atoms with E-state index in [1.165, 1.54) is 0 Å². The van der Waals surface area contributed by atoms with Crippen molar-refractivity contribution in [2.45, 2.75) is 51.4 Å². The molecule has 3 aliphatic rings. The number of nitrogens with one attached hydrogen (secondary N) is 3. The average Bonchev–Trinajstić information content (AvgIpc) is 4.02. The van der Waals surface area contributed by atoms with Crippen molar-refractivity contribution in [3.63, 3.8) is 0 Å². The third kappa shape index (κ3) is 12.1. The number of amides is 1. The Balaban J connectivity index is 1.13. The number of carboxylic acids is 3. The van der Waals surface area contributed by atoms with Crippen LogP contribution in [0.15, 0.2) is 72.8 Å². The molecule has 0 spiro atoms. The summed E-state index contributed by atoms with van der Waals surface area (Å²) in [5, 5.41) is 39.8. The van der Waals surface area contributed by atoms with Crippen molar-refractivity contribution >= 4 is 23.8 Å². The molecule has 6 N–H and O–H groups in total. The zero-order valence-corrected chi connectivity index (χ0v) is 32.7. The predicted octanol–water partition coefficient (Wildman–Crippen LogP) is 3.94. The summed E-state index contributed by atoms with van der Waals surface area (Å²) >= 11 is 0. The van der Waals surface area contributed by atoms with Crippen LogP contribution in [0, 0.1) is 35.5 Å². The van der Waals surface area contributed by atoms with E-state index in [2.05, 4.69) is 22.0 Å². The number of carbonyl (C=O) groups excluding carboxylic acids is 1. The van der Waals surface area contributed by atoms with Crippen LogP contribution in [0.1, 0.15) is 47.1 Å². The molecule has 1 amide bonds. The molecule has 6 atom stereocenters. The fourth-order valence-corrected chi connectivity index (χ4v) is 8.92. The molecule has 3 aliphatic heterocycles. The molecule has 3 saturated heterocycles. The highest BCUT2D eigenvalue weighted by Crippen LogP contribution is 2.27. The standard InChI is InChI=1S/C45H58N4O8/c50-42(26-33-7-2-6-32(21-33)24-40(44(53)54)36-11-15-47-28-36)49(17-13-30-4-1-5-31(20-30)23-39(43(51)52)35-10-14-46-27-35)18-19-57-38-9-3-8-34(22-38)25-41(45(55)56)37-12-16-48-29-37/h1-9,20-22,35-37,39-41,46-48H,10-19,23-29H2,(H,51,52)(H,53,54)(H,55,56)/t35-,36-,37-,39-,40-,41-/m0/s1. The van der Waals surface area contributed by atoms with Crippen LogP contribution >= 0.6 is 0 Å². The molecule has 6 rings (SSSR count). The zero-order chi connectivity index (χ0) is 40.1. The monoisotopic (exact) mass is 782 g/mol. The van der Waals surface area contributed by atoms with Gasteiger partial charge >= 0.3 is 17.9 Å². The normalized spacial score (nSPS) is 20.8. The first-order chi connectivity index (χ1) is 27.6. The zero-order valence-electron chi connectivity index (χ0n) is 32.7. The Labute approximate surface area is 335 Å². The highest BCUT2D eigenvalue weighted by atomic mass is 16.5. The number of benzene rings is 3. The summed E-state index contributed by atoms with van der Waals surface area (Å²) in [7, 11) is 0. The Morgan fingerprint density at radius 3 is 1.51 bits per heavy atom. The summed E-state index contributed by atoms with van der Waals surface area (Å²) in [6, 6.07) is 23.2. The van der Waals surface area contributed by atoms with E-state index in [0.29, 0.717) is 64.2 Å². The van der Waals surface area contributed by atoms with Crippen LogP contribution in [-0.2, 0) is 51.3 Å². The summed E-state index contributed by atoms with van der Waals surface area (Å²) in [6.45, 7) is 5.57. The van der Waals surface area contributed by atoms with Crippen molar-refractivity contribution in [3.8, 4) is 5.75 Å². The Bertz CT molecular complexity index is 1820. The van der Waals surface area contributed by atoms with E-state index in [1.54, 1.807) is 4.90 Å². The van der Waals surface area contributed by atoms with Crippen molar-refractivity contribution in [2.24, 2.45) is 35.5 Å².